The Morgan fingerprint density at radius 1 is 1.44 bits per heavy atom. The molecule has 1 aromatic carbocycles. The largest absolute Gasteiger partial charge is 0.493 e. The van der Waals surface area contributed by atoms with Gasteiger partial charge < -0.3 is 25.0 Å². The molecule has 1 heterocycles. The van der Waals surface area contributed by atoms with Crippen LogP contribution in [0.3, 0.4) is 0 Å². The quantitative estimate of drug-likeness (QED) is 0.752. The highest BCUT2D eigenvalue weighted by atomic mass is 19.1. The molecule has 138 valence electrons. The molecule has 0 aromatic heterocycles. The van der Waals surface area contributed by atoms with Crippen LogP contribution >= 0.6 is 0 Å². The number of amides is 2. The molecule has 2 amide bonds. The number of nitrogens with zero attached hydrogens (tertiary/aromatic N) is 2. The SMILES string of the molecule is CN(C)C(=O)[C@H]1CN(C(=O)c2cc(F)ccc2OCCCN)CCO1. The van der Waals surface area contributed by atoms with Gasteiger partial charge in [0.1, 0.15) is 11.6 Å². The maximum Gasteiger partial charge on any atom is 0.257 e. The number of morpholine rings is 1. The maximum atomic E-state index is 13.6. The first kappa shape index (κ1) is 19.1. The van der Waals surface area contributed by atoms with Crippen molar-refractivity contribution >= 4 is 11.8 Å². The summed E-state index contributed by atoms with van der Waals surface area (Å²) in [6.07, 6.45) is -0.0926. The smallest absolute Gasteiger partial charge is 0.257 e. The molecule has 1 fully saturated rings. The van der Waals surface area contributed by atoms with E-state index in [-0.39, 0.29) is 30.5 Å². The zero-order chi connectivity index (χ0) is 18.4. The maximum absolute atomic E-state index is 13.6. The Morgan fingerprint density at radius 3 is 2.88 bits per heavy atom. The van der Waals surface area contributed by atoms with Gasteiger partial charge in [0.15, 0.2) is 6.10 Å². The fraction of sp³-hybridized carbons (Fsp3) is 0.529. The van der Waals surface area contributed by atoms with Crippen molar-refractivity contribution in [2.45, 2.75) is 12.5 Å². The Kier molecular flexibility index (Phi) is 6.72. The molecule has 0 bridgehead atoms. The highest BCUT2D eigenvalue weighted by Crippen LogP contribution is 2.23. The Labute approximate surface area is 146 Å². The topological polar surface area (TPSA) is 85.1 Å². The molecule has 1 aromatic rings. The first-order valence-corrected chi connectivity index (χ1v) is 8.18. The summed E-state index contributed by atoms with van der Waals surface area (Å²) in [6.45, 7) is 1.49. The summed E-state index contributed by atoms with van der Waals surface area (Å²) in [5.41, 5.74) is 5.57. The molecule has 0 spiro atoms. The van der Waals surface area contributed by atoms with Crippen LogP contribution in [0.25, 0.3) is 0 Å². The number of benzene rings is 1. The average Bonchev–Trinajstić information content (AvgIpc) is 2.61. The van der Waals surface area contributed by atoms with Gasteiger partial charge in [0.2, 0.25) is 0 Å². The third-order valence-corrected chi connectivity index (χ3v) is 3.85. The molecular formula is C17H24FN3O4. The minimum atomic E-state index is -0.720. The lowest BCUT2D eigenvalue weighted by molar-refractivity contribution is -0.145. The van der Waals surface area contributed by atoms with E-state index in [0.29, 0.717) is 31.9 Å². The number of nitrogens with two attached hydrogens (primary N) is 1. The summed E-state index contributed by atoms with van der Waals surface area (Å²) in [4.78, 5) is 27.8. The van der Waals surface area contributed by atoms with Gasteiger partial charge in [-0.1, -0.05) is 0 Å². The molecule has 1 atom stereocenters. The number of ether oxygens (including phenoxy) is 2. The molecule has 8 heteroatoms. The molecule has 7 nitrogen and oxygen atoms in total. The van der Waals surface area contributed by atoms with Gasteiger partial charge in [-0.05, 0) is 31.2 Å². The van der Waals surface area contributed by atoms with Gasteiger partial charge in [-0.3, -0.25) is 9.59 Å². The second-order valence-electron chi connectivity index (χ2n) is 5.97. The molecule has 0 unspecified atom stereocenters. The fourth-order valence-corrected chi connectivity index (χ4v) is 2.50. The van der Waals surface area contributed by atoms with Crippen LogP contribution in [-0.4, -0.2) is 74.7 Å². The summed E-state index contributed by atoms with van der Waals surface area (Å²) in [7, 11) is 3.25. The van der Waals surface area contributed by atoms with E-state index >= 15 is 0 Å². The predicted molar refractivity (Wildman–Crippen MR) is 89.9 cm³/mol. The lowest BCUT2D eigenvalue weighted by atomic mass is 10.1. The second-order valence-corrected chi connectivity index (χ2v) is 5.97. The molecule has 0 radical (unpaired) electrons. The van der Waals surface area contributed by atoms with E-state index in [4.69, 9.17) is 15.2 Å². The lowest BCUT2D eigenvalue weighted by Crippen LogP contribution is -2.51. The van der Waals surface area contributed by atoms with Crippen molar-refractivity contribution in [2.75, 3.05) is 46.9 Å². The molecule has 0 saturated carbocycles. The third-order valence-electron chi connectivity index (χ3n) is 3.85. The molecule has 1 aliphatic rings. The van der Waals surface area contributed by atoms with Crippen LogP contribution in [0.1, 0.15) is 16.8 Å². The average molecular weight is 353 g/mol. The van der Waals surface area contributed by atoms with Crippen LogP contribution in [0.2, 0.25) is 0 Å². The van der Waals surface area contributed by atoms with Crippen molar-refractivity contribution in [1.29, 1.82) is 0 Å². The molecule has 25 heavy (non-hydrogen) atoms. The van der Waals surface area contributed by atoms with Crippen molar-refractivity contribution in [1.82, 2.24) is 9.80 Å². The van der Waals surface area contributed by atoms with Crippen molar-refractivity contribution in [3.05, 3.63) is 29.6 Å². The zero-order valence-electron chi connectivity index (χ0n) is 14.5. The first-order chi connectivity index (χ1) is 11.9. The summed E-state index contributed by atoms with van der Waals surface area (Å²) in [5, 5.41) is 0. The number of rotatable bonds is 6. The van der Waals surface area contributed by atoms with Crippen molar-refractivity contribution in [3.8, 4) is 5.75 Å². The Bertz CT molecular complexity index is 624. The normalized spacial score (nSPS) is 17.3. The summed E-state index contributed by atoms with van der Waals surface area (Å²) >= 11 is 0. The first-order valence-electron chi connectivity index (χ1n) is 8.18. The van der Waals surface area contributed by atoms with Gasteiger partial charge in [0, 0.05) is 20.6 Å². The van der Waals surface area contributed by atoms with Crippen molar-refractivity contribution in [2.24, 2.45) is 5.73 Å². The number of likely N-dealkylation sites (N-methyl/N-ethyl adjacent to an activating group) is 1. The van der Waals surface area contributed by atoms with Gasteiger partial charge in [0.05, 0.1) is 25.3 Å². The summed E-state index contributed by atoms with van der Waals surface area (Å²) in [6, 6.07) is 3.83. The number of hydrogen-bond donors (Lipinski definition) is 1. The molecule has 1 saturated heterocycles. The Balaban J connectivity index is 2.15. The van der Waals surface area contributed by atoms with Crippen LogP contribution in [0.5, 0.6) is 5.75 Å². The van der Waals surface area contributed by atoms with E-state index in [1.807, 2.05) is 0 Å². The predicted octanol–water partition coefficient (Wildman–Crippen LogP) is 0.483. The molecular weight excluding hydrogens is 329 g/mol. The van der Waals surface area contributed by atoms with Crippen LogP contribution in [0.15, 0.2) is 18.2 Å². The number of carbonyl (C=O) groups excluding carboxylic acids is 2. The monoisotopic (exact) mass is 353 g/mol. The number of carbonyl (C=O) groups is 2. The van der Waals surface area contributed by atoms with E-state index in [0.717, 1.165) is 6.07 Å². The van der Waals surface area contributed by atoms with E-state index < -0.39 is 11.9 Å². The minimum Gasteiger partial charge on any atom is -0.493 e. The van der Waals surface area contributed by atoms with Crippen LogP contribution in [-0.2, 0) is 9.53 Å². The van der Waals surface area contributed by atoms with E-state index in [1.54, 1.807) is 14.1 Å². The van der Waals surface area contributed by atoms with Crippen LogP contribution in [0.4, 0.5) is 4.39 Å². The fourth-order valence-electron chi connectivity index (χ4n) is 2.50. The standard InChI is InChI=1S/C17H24FN3O4/c1-20(2)17(23)15-11-21(7-9-25-15)16(22)13-10-12(18)4-5-14(13)24-8-3-6-19/h4-5,10,15H,3,6-9,11,19H2,1-2H3/t15-/m1/s1. The molecule has 2 N–H and O–H groups in total. The highest BCUT2D eigenvalue weighted by Gasteiger charge is 2.31. The van der Waals surface area contributed by atoms with Crippen LogP contribution < -0.4 is 10.5 Å². The minimum absolute atomic E-state index is 0.120. The van der Waals surface area contributed by atoms with Gasteiger partial charge in [-0.15, -0.1) is 0 Å². The molecule has 2 rings (SSSR count). The highest BCUT2D eigenvalue weighted by molar-refractivity contribution is 5.97. The number of halogens is 1. The second kappa shape index (κ2) is 8.77. The number of hydrogen-bond acceptors (Lipinski definition) is 5. The van der Waals surface area contributed by atoms with Gasteiger partial charge in [0.25, 0.3) is 11.8 Å². The zero-order valence-corrected chi connectivity index (χ0v) is 14.5. The molecule has 0 aliphatic carbocycles. The van der Waals surface area contributed by atoms with E-state index in [2.05, 4.69) is 0 Å². The van der Waals surface area contributed by atoms with Gasteiger partial charge >= 0.3 is 0 Å². The Hall–Kier alpha value is -2.19. The van der Waals surface area contributed by atoms with E-state index in [1.165, 1.54) is 21.9 Å². The van der Waals surface area contributed by atoms with Gasteiger partial charge in [-0.25, -0.2) is 4.39 Å². The van der Waals surface area contributed by atoms with Gasteiger partial charge in [-0.2, -0.15) is 0 Å². The summed E-state index contributed by atoms with van der Waals surface area (Å²) in [5.74, 6) is -0.816. The third kappa shape index (κ3) is 4.90. The van der Waals surface area contributed by atoms with Crippen molar-refractivity contribution in [3.63, 3.8) is 0 Å². The van der Waals surface area contributed by atoms with Crippen molar-refractivity contribution < 1.29 is 23.5 Å². The Morgan fingerprint density at radius 2 is 2.20 bits per heavy atom. The molecule has 1 aliphatic heterocycles. The lowest BCUT2D eigenvalue weighted by Gasteiger charge is -2.33. The van der Waals surface area contributed by atoms with Crippen LogP contribution in [0, 0.1) is 5.82 Å². The summed E-state index contributed by atoms with van der Waals surface area (Å²) < 4.78 is 24.6. The van der Waals surface area contributed by atoms with E-state index in [9.17, 15) is 14.0 Å².